The molecular weight excluding hydrogens is 368 g/mol. The van der Waals surface area contributed by atoms with Crippen molar-refractivity contribution >= 4 is 6.09 Å². The highest BCUT2D eigenvalue weighted by Crippen LogP contribution is 2.24. The number of hydrogen-bond acceptors (Lipinski definition) is 8. The molecule has 2 aliphatic heterocycles. The summed E-state index contributed by atoms with van der Waals surface area (Å²) in [7, 11) is 0. The molecular formula is C18H22N4O6. The fourth-order valence-electron chi connectivity index (χ4n) is 3.45. The van der Waals surface area contributed by atoms with Crippen LogP contribution in [-0.2, 0) is 22.4 Å². The smallest absolute Gasteiger partial charge is 0.410 e. The normalized spacial score (nSPS) is 30.5. The molecule has 0 saturated carbocycles. The summed E-state index contributed by atoms with van der Waals surface area (Å²) >= 11 is 0. The lowest BCUT2D eigenvalue weighted by molar-refractivity contribution is -0.214. The van der Waals surface area contributed by atoms with E-state index in [0.29, 0.717) is 18.7 Å². The van der Waals surface area contributed by atoms with E-state index in [-0.39, 0.29) is 19.2 Å². The molecule has 2 saturated heterocycles. The largest absolute Gasteiger partial charge is 0.447 e. The third-order valence-electron chi connectivity index (χ3n) is 5.01. The van der Waals surface area contributed by atoms with E-state index >= 15 is 0 Å². The van der Waals surface area contributed by atoms with Crippen molar-refractivity contribution in [3.8, 4) is 0 Å². The predicted octanol–water partition coefficient (Wildman–Crippen LogP) is -0.547. The quantitative estimate of drug-likeness (QED) is 0.620. The second-order valence-corrected chi connectivity index (χ2v) is 7.01. The van der Waals surface area contributed by atoms with Crippen LogP contribution in [0.2, 0.25) is 0 Å². The van der Waals surface area contributed by atoms with E-state index in [1.807, 2.05) is 30.3 Å². The van der Waals surface area contributed by atoms with Crippen molar-refractivity contribution in [2.45, 2.75) is 43.5 Å². The molecule has 0 unspecified atom stereocenters. The summed E-state index contributed by atoms with van der Waals surface area (Å²) < 4.78 is 11.8. The highest BCUT2D eigenvalue weighted by molar-refractivity contribution is 5.70. The lowest BCUT2D eigenvalue weighted by atomic mass is 10.0. The van der Waals surface area contributed by atoms with Crippen LogP contribution >= 0.6 is 0 Å². The van der Waals surface area contributed by atoms with Crippen molar-refractivity contribution < 1.29 is 29.6 Å². The van der Waals surface area contributed by atoms with Gasteiger partial charge in [-0.3, -0.25) is 4.90 Å². The SMILES string of the molecule is O=C1OC[C@@H](Cc2ccccc2)N1Cc1cn([C@H]2OC[C@@H](O)[C@H](O)[C@H]2O)nn1. The van der Waals surface area contributed by atoms with Gasteiger partial charge in [0, 0.05) is 0 Å². The Morgan fingerprint density at radius 1 is 1.11 bits per heavy atom. The molecule has 2 aliphatic rings. The lowest BCUT2D eigenvalue weighted by Gasteiger charge is -2.34. The standard InChI is InChI=1S/C18H22N4O6/c23-14-10-27-17(16(25)15(14)24)22-8-12(19-20-22)7-21-13(9-28-18(21)26)6-11-4-2-1-3-5-11/h1-5,8,13-17,23-25H,6-7,9-10H2/t13-,14-,15+,16-,17+/m1/s1. The Labute approximate surface area is 160 Å². The average molecular weight is 390 g/mol. The molecule has 0 radical (unpaired) electrons. The first-order valence-electron chi connectivity index (χ1n) is 9.07. The van der Waals surface area contributed by atoms with Crippen LogP contribution in [0.4, 0.5) is 4.79 Å². The highest BCUT2D eigenvalue weighted by Gasteiger charge is 2.39. The monoisotopic (exact) mass is 390 g/mol. The minimum absolute atomic E-state index is 0.117. The van der Waals surface area contributed by atoms with Crippen molar-refractivity contribution in [2.24, 2.45) is 0 Å². The Bertz CT molecular complexity index is 815. The molecule has 0 spiro atoms. The van der Waals surface area contributed by atoms with Gasteiger partial charge in [-0.2, -0.15) is 0 Å². The van der Waals surface area contributed by atoms with Gasteiger partial charge in [-0.05, 0) is 12.0 Å². The fourth-order valence-corrected chi connectivity index (χ4v) is 3.45. The molecule has 4 rings (SSSR count). The fraction of sp³-hybridized carbons (Fsp3) is 0.500. The Kier molecular flexibility index (Phi) is 5.27. The summed E-state index contributed by atoms with van der Waals surface area (Å²) in [6, 6.07) is 9.71. The summed E-state index contributed by atoms with van der Waals surface area (Å²) in [6.45, 7) is 0.371. The topological polar surface area (TPSA) is 130 Å². The van der Waals surface area contributed by atoms with E-state index in [2.05, 4.69) is 10.3 Å². The van der Waals surface area contributed by atoms with Gasteiger partial charge in [0.15, 0.2) is 6.23 Å². The van der Waals surface area contributed by atoms with E-state index in [9.17, 15) is 20.1 Å². The van der Waals surface area contributed by atoms with Gasteiger partial charge in [0.25, 0.3) is 0 Å². The maximum Gasteiger partial charge on any atom is 0.410 e. The summed E-state index contributed by atoms with van der Waals surface area (Å²) in [6.07, 6.45) is -3.02. The summed E-state index contributed by atoms with van der Waals surface area (Å²) in [5.74, 6) is 0. The molecule has 0 aliphatic carbocycles. The van der Waals surface area contributed by atoms with Crippen molar-refractivity contribution in [2.75, 3.05) is 13.2 Å². The number of nitrogens with zero attached hydrogens (tertiary/aromatic N) is 4. The van der Waals surface area contributed by atoms with Gasteiger partial charge in [-0.1, -0.05) is 35.5 Å². The van der Waals surface area contributed by atoms with E-state index < -0.39 is 30.6 Å². The molecule has 3 N–H and O–H groups in total. The van der Waals surface area contributed by atoms with Crippen molar-refractivity contribution in [3.05, 3.63) is 47.8 Å². The predicted molar refractivity (Wildman–Crippen MR) is 93.9 cm³/mol. The number of aliphatic hydroxyl groups excluding tert-OH is 3. The molecule has 1 aromatic heterocycles. The summed E-state index contributed by atoms with van der Waals surface area (Å²) in [5.41, 5.74) is 1.60. The van der Waals surface area contributed by atoms with Gasteiger partial charge in [0.1, 0.15) is 30.6 Å². The van der Waals surface area contributed by atoms with E-state index in [1.165, 1.54) is 4.68 Å². The Hall–Kier alpha value is -2.53. The van der Waals surface area contributed by atoms with Gasteiger partial charge < -0.3 is 24.8 Å². The number of rotatable bonds is 5. The van der Waals surface area contributed by atoms with Crippen LogP contribution in [0.25, 0.3) is 0 Å². The van der Waals surface area contributed by atoms with E-state index in [0.717, 1.165) is 5.56 Å². The van der Waals surface area contributed by atoms with Crippen LogP contribution in [0.15, 0.2) is 36.5 Å². The molecule has 1 aromatic carbocycles. The van der Waals surface area contributed by atoms with Crippen molar-refractivity contribution in [1.29, 1.82) is 0 Å². The zero-order chi connectivity index (χ0) is 19.7. The molecule has 1 amide bonds. The number of aromatic nitrogens is 3. The van der Waals surface area contributed by atoms with Gasteiger partial charge in [-0.15, -0.1) is 5.10 Å². The number of hydrogen-bond donors (Lipinski definition) is 3. The van der Waals surface area contributed by atoms with E-state index in [4.69, 9.17) is 9.47 Å². The Morgan fingerprint density at radius 3 is 2.68 bits per heavy atom. The highest BCUT2D eigenvalue weighted by atomic mass is 16.6. The molecule has 10 nitrogen and oxygen atoms in total. The van der Waals surface area contributed by atoms with Crippen LogP contribution < -0.4 is 0 Å². The van der Waals surface area contributed by atoms with Gasteiger partial charge in [0.2, 0.25) is 0 Å². The molecule has 150 valence electrons. The number of ether oxygens (including phenoxy) is 2. The second kappa shape index (κ2) is 7.84. The first-order valence-corrected chi connectivity index (χ1v) is 9.07. The Balaban J connectivity index is 1.44. The number of benzene rings is 1. The average Bonchev–Trinajstić information content (AvgIpc) is 3.29. The number of cyclic esters (lactones) is 1. The number of amides is 1. The molecule has 0 bridgehead atoms. The summed E-state index contributed by atoms with van der Waals surface area (Å²) in [5, 5.41) is 37.4. The molecule has 28 heavy (non-hydrogen) atoms. The van der Waals surface area contributed by atoms with Gasteiger partial charge >= 0.3 is 6.09 Å². The Morgan fingerprint density at radius 2 is 1.89 bits per heavy atom. The van der Waals surface area contributed by atoms with Gasteiger partial charge in [-0.25, -0.2) is 9.48 Å². The first kappa shape index (κ1) is 18.8. The minimum atomic E-state index is -1.35. The lowest BCUT2D eigenvalue weighted by Crippen LogP contribution is -2.50. The first-order chi connectivity index (χ1) is 13.5. The van der Waals surface area contributed by atoms with E-state index in [1.54, 1.807) is 11.1 Å². The third-order valence-corrected chi connectivity index (χ3v) is 5.01. The molecule has 3 heterocycles. The molecule has 2 aromatic rings. The summed E-state index contributed by atoms with van der Waals surface area (Å²) in [4.78, 5) is 13.7. The van der Waals surface area contributed by atoms with Crippen LogP contribution in [0, 0.1) is 0 Å². The van der Waals surface area contributed by atoms with Crippen LogP contribution in [0.5, 0.6) is 0 Å². The minimum Gasteiger partial charge on any atom is -0.447 e. The molecule has 2 fully saturated rings. The zero-order valence-electron chi connectivity index (χ0n) is 15.0. The zero-order valence-corrected chi connectivity index (χ0v) is 15.0. The second-order valence-electron chi connectivity index (χ2n) is 7.01. The maximum atomic E-state index is 12.1. The maximum absolute atomic E-state index is 12.1. The number of carbonyl (C=O) groups is 1. The third kappa shape index (κ3) is 3.72. The van der Waals surface area contributed by atoms with Crippen LogP contribution in [-0.4, -0.2) is 78.9 Å². The van der Waals surface area contributed by atoms with Crippen molar-refractivity contribution in [1.82, 2.24) is 19.9 Å². The number of aliphatic hydroxyl groups is 3. The van der Waals surface area contributed by atoms with Crippen molar-refractivity contribution in [3.63, 3.8) is 0 Å². The number of carbonyl (C=O) groups excluding carboxylic acids is 1. The molecule has 5 atom stereocenters. The molecule has 10 heteroatoms. The van der Waals surface area contributed by atoms with Crippen LogP contribution in [0.3, 0.4) is 0 Å². The van der Waals surface area contributed by atoms with Crippen LogP contribution in [0.1, 0.15) is 17.5 Å². The van der Waals surface area contributed by atoms with Gasteiger partial charge in [0.05, 0.1) is 25.4 Å².